The van der Waals surface area contributed by atoms with E-state index in [4.69, 9.17) is 12.2 Å². The van der Waals surface area contributed by atoms with Crippen LogP contribution in [0.1, 0.15) is 25.1 Å². The van der Waals surface area contributed by atoms with E-state index in [1.165, 1.54) is 16.7 Å². The van der Waals surface area contributed by atoms with Gasteiger partial charge in [-0.25, -0.2) is 4.68 Å². The van der Waals surface area contributed by atoms with E-state index in [0.29, 0.717) is 20.6 Å². The summed E-state index contributed by atoms with van der Waals surface area (Å²) < 4.78 is 3.66. The number of thioether (sulfide) groups is 1. The van der Waals surface area contributed by atoms with Crippen molar-refractivity contribution in [1.29, 1.82) is 0 Å². The molecule has 1 amide bonds. The standard InChI is InChI=1S/C25H26N4O2S2/c1-5-27(6-2)19-14-12-18(13-15-19)16-21-23(30)28(25(32)33-21)22-17(3)26(4)29(24(22)31)20-10-8-7-9-11-20/h7-16H,5-6H2,1-4H3. The van der Waals surface area contributed by atoms with Crippen molar-refractivity contribution in [1.82, 2.24) is 9.36 Å². The van der Waals surface area contributed by atoms with Crippen LogP contribution < -0.4 is 15.4 Å². The molecule has 0 unspecified atom stereocenters. The number of aromatic nitrogens is 2. The van der Waals surface area contributed by atoms with Gasteiger partial charge in [0, 0.05) is 25.8 Å². The molecule has 170 valence electrons. The van der Waals surface area contributed by atoms with Crippen molar-refractivity contribution < 1.29 is 4.79 Å². The molecular formula is C25H26N4O2S2. The van der Waals surface area contributed by atoms with Crippen molar-refractivity contribution in [2.75, 3.05) is 22.9 Å². The van der Waals surface area contributed by atoms with E-state index in [-0.39, 0.29) is 11.5 Å². The highest BCUT2D eigenvalue weighted by Crippen LogP contribution is 2.36. The Bertz CT molecular complexity index is 1290. The highest BCUT2D eigenvalue weighted by Gasteiger charge is 2.37. The summed E-state index contributed by atoms with van der Waals surface area (Å²) in [6.07, 6.45) is 1.83. The number of hydrogen-bond donors (Lipinski definition) is 0. The monoisotopic (exact) mass is 478 g/mol. The molecule has 1 saturated heterocycles. The first-order chi connectivity index (χ1) is 15.9. The van der Waals surface area contributed by atoms with Gasteiger partial charge >= 0.3 is 0 Å². The third kappa shape index (κ3) is 4.16. The van der Waals surface area contributed by atoms with Crippen LogP contribution >= 0.6 is 24.0 Å². The smallest absolute Gasteiger partial charge is 0.296 e. The van der Waals surface area contributed by atoms with E-state index in [2.05, 4.69) is 30.9 Å². The summed E-state index contributed by atoms with van der Waals surface area (Å²) in [6.45, 7) is 7.95. The lowest BCUT2D eigenvalue weighted by atomic mass is 10.1. The predicted molar refractivity (Wildman–Crippen MR) is 141 cm³/mol. The first-order valence-electron chi connectivity index (χ1n) is 10.8. The molecule has 4 rings (SSSR count). The highest BCUT2D eigenvalue weighted by atomic mass is 32.2. The van der Waals surface area contributed by atoms with Crippen LogP contribution in [-0.2, 0) is 11.8 Å². The lowest BCUT2D eigenvalue weighted by Gasteiger charge is -2.20. The summed E-state index contributed by atoms with van der Waals surface area (Å²) in [4.78, 5) is 30.8. The summed E-state index contributed by atoms with van der Waals surface area (Å²) in [5.74, 6) is -0.274. The minimum Gasteiger partial charge on any atom is -0.372 e. The zero-order valence-corrected chi connectivity index (χ0v) is 20.7. The molecule has 0 bridgehead atoms. The molecule has 1 aliphatic rings. The molecule has 2 heterocycles. The number of carbonyl (C=O) groups is 1. The van der Waals surface area contributed by atoms with Gasteiger partial charge in [-0.15, -0.1) is 0 Å². The number of rotatable bonds is 6. The van der Waals surface area contributed by atoms with Gasteiger partial charge in [0.05, 0.1) is 16.3 Å². The first-order valence-corrected chi connectivity index (χ1v) is 12.1. The SMILES string of the molecule is CCN(CC)c1ccc(C=C2SC(=S)N(c3c(C)n(C)n(-c4ccccc4)c3=O)C2=O)cc1. The number of anilines is 2. The van der Waals surface area contributed by atoms with Crippen molar-refractivity contribution in [3.05, 3.63) is 81.1 Å². The molecule has 33 heavy (non-hydrogen) atoms. The molecule has 0 aliphatic carbocycles. The van der Waals surface area contributed by atoms with E-state index in [0.717, 1.165) is 30.0 Å². The minimum atomic E-state index is -0.276. The highest BCUT2D eigenvalue weighted by molar-refractivity contribution is 8.27. The maximum Gasteiger partial charge on any atom is 0.296 e. The molecule has 0 atom stereocenters. The quantitative estimate of drug-likeness (QED) is 0.379. The minimum absolute atomic E-state index is 0.274. The van der Waals surface area contributed by atoms with Crippen molar-refractivity contribution in [3.8, 4) is 5.69 Å². The fraction of sp³-hybridized carbons (Fsp3) is 0.240. The maximum absolute atomic E-state index is 13.4. The van der Waals surface area contributed by atoms with E-state index < -0.39 is 0 Å². The Labute approximate surface area is 203 Å². The molecule has 0 saturated carbocycles. The lowest BCUT2D eigenvalue weighted by molar-refractivity contribution is -0.113. The summed E-state index contributed by atoms with van der Waals surface area (Å²) in [6, 6.07) is 17.5. The van der Waals surface area contributed by atoms with Gasteiger partial charge in [-0.05, 0) is 56.7 Å². The van der Waals surface area contributed by atoms with Gasteiger partial charge in [-0.2, -0.15) is 0 Å². The second-order valence-electron chi connectivity index (χ2n) is 7.69. The summed E-state index contributed by atoms with van der Waals surface area (Å²) >= 11 is 6.75. The van der Waals surface area contributed by atoms with Gasteiger partial charge in [-0.3, -0.25) is 19.2 Å². The van der Waals surface area contributed by atoms with E-state index in [9.17, 15) is 9.59 Å². The van der Waals surface area contributed by atoms with Crippen LogP contribution in [-0.4, -0.2) is 32.7 Å². The number of thiocarbonyl (C=S) groups is 1. The Hall–Kier alpha value is -3.10. The zero-order valence-electron chi connectivity index (χ0n) is 19.1. The topological polar surface area (TPSA) is 50.5 Å². The average molecular weight is 479 g/mol. The van der Waals surface area contributed by atoms with Crippen molar-refractivity contribution >= 4 is 51.7 Å². The number of para-hydroxylation sites is 1. The second kappa shape index (κ2) is 9.41. The number of carbonyl (C=O) groups excluding carboxylic acids is 1. The number of nitrogens with zero attached hydrogens (tertiary/aromatic N) is 4. The van der Waals surface area contributed by atoms with Crippen molar-refractivity contribution in [2.24, 2.45) is 7.05 Å². The Kier molecular flexibility index (Phi) is 6.58. The van der Waals surface area contributed by atoms with Gasteiger partial charge in [0.1, 0.15) is 5.69 Å². The molecular weight excluding hydrogens is 452 g/mol. The van der Waals surface area contributed by atoms with E-state index in [1.807, 2.05) is 55.5 Å². The summed E-state index contributed by atoms with van der Waals surface area (Å²) in [5, 5.41) is 0. The lowest BCUT2D eigenvalue weighted by Crippen LogP contribution is -2.33. The van der Waals surface area contributed by atoms with Crippen LogP contribution in [0.3, 0.4) is 0 Å². The third-order valence-electron chi connectivity index (χ3n) is 5.86. The predicted octanol–water partition coefficient (Wildman–Crippen LogP) is 4.74. The Morgan fingerprint density at radius 3 is 2.24 bits per heavy atom. The van der Waals surface area contributed by atoms with E-state index >= 15 is 0 Å². The second-order valence-corrected chi connectivity index (χ2v) is 9.37. The van der Waals surface area contributed by atoms with Gasteiger partial charge in [0.15, 0.2) is 4.32 Å². The fourth-order valence-electron chi connectivity index (χ4n) is 3.99. The number of amides is 1. The average Bonchev–Trinajstić information content (AvgIpc) is 3.21. The normalized spacial score (nSPS) is 15.0. The van der Waals surface area contributed by atoms with Crippen LogP contribution in [0.2, 0.25) is 0 Å². The van der Waals surface area contributed by atoms with Crippen molar-refractivity contribution in [3.63, 3.8) is 0 Å². The van der Waals surface area contributed by atoms with Gasteiger partial charge in [0.2, 0.25) is 0 Å². The zero-order chi connectivity index (χ0) is 23.7. The molecule has 8 heteroatoms. The van der Waals surface area contributed by atoms with Gasteiger partial charge in [0.25, 0.3) is 11.5 Å². The van der Waals surface area contributed by atoms with Crippen LogP contribution in [0.5, 0.6) is 0 Å². The molecule has 3 aromatic rings. The molecule has 1 aromatic heterocycles. The summed E-state index contributed by atoms with van der Waals surface area (Å²) in [5.41, 5.74) is 3.48. The molecule has 2 aromatic carbocycles. The molecule has 0 N–H and O–H groups in total. The van der Waals surface area contributed by atoms with Crippen LogP contribution in [0, 0.1) is 6.92 Å². The summed E-state index contributed by atoms with van der Waals surface area (Å²) in [7, 11) is 1.80. The van der Waals surface area contributed by atoms with Gasteiger partial charge in [-0.1, -0.05) is 54.3 Å². The Balaban J connectivity index is 1.68. The molecule has 1 fully saturated rings. The Morgan fingerprint density at radius 2 is 1.64 bits per heavy atom. The van der Waals surface area contributed by atoms with E-state index in [1.54, 1.807) is 16.4 Å². The molecule has 0 spiro atoms. The van der Waals surface area contributed by atoms with Gasteiger partial charge < -0.3 is 4.90 Å². The maximum atomic E-state index is 13.4. The Morgan fingerprint density at radius 1 is 1.00 bits per heavy atom. The number of benzene rings is 2. The van der Waals surface area contributed by atoms with Crippen LogP contribution in [0.15, 0.2) is 64.3 Å². The largest absolute Gasteiger partial charge is 0.372 e. The first kappa shape index (κ1) is 23.1. The molecule has 1 aliphatic heterocycles. The number of hydrogen-bond acceptors (Lipinski definition) is 5. The third-order valence-corrected chi connectivity index (χ3v) is 7.16. The molecule has 6 nitrogen and oxygen atoms in total. The van der Waals surface area contributed by atoms with Crippen LogP contribution in [0.4, 0.5) is 11.4 Å². The molecule has 0 radical (unpaired) electrons. The van der Waals surface area contributed by atoms with Crippen LogP contribution in [0.25, 0.3) is 11.8 Å². The fourth-order valence-corrected chi connectivity index (χ4v) is 5.26. The van der Waals surface area contributed by atoms with Crippen molar-refractivity contribution in [2.45, 2.75) is 20.8 Å².